The number of hydrogen-bond acceptors (Lipinski definition) is 10. The fourth-order valence-corrected chi connectivity index (χ4v) is 10.3. The quantitative estimate of drug-likeness (QED) is 0.154. The summed E-state index contributed by atoms with van der Waals surface area (Å²) in [5.74, 6) is 0. The van der Waals surface area contributed by atoms with E-state index in [2.05, 4.69) is 130 Å². The van der Waals surface area contributed by atoms with Gasteiger partial charge in [-0.25, -0.2) is 0 Å². The molecule has 0 spiro atoms. The van der Waals surface area contributed by atoms with Crippen LogP contribution in [0.5, 0.6) is 0 Å². The van der Waals surface area contributed by atoms with E-state index in [0.717, 1.165) is 148 Å². The van der Waals surface area contributed by atoms with Crippen LogP contribution in [-0.2, 0) is 40.2 Å². The summed E-state index contributed by atoms with van der Waals surface area (Å²) in [6.45, 7) is 16.3. The molecular formula is C88H77Ir2N6O4+. The Hall–Kier alpha value is -10.5. The summed E-state index contributed by atoms with van der Waals surface area (Å²) >= 11 is 0. The Morgan fingerprint density at radius 2 is 0.610 bits per heavy atom. The van der Waals surface area contributed by atoms with Crippen molar-refractivity contribution in [3.8, 4) is 67.5 Å². The Labute approximate surface area is 614 Å². The van der Waals surface area contributed by atoms with Crippen LogP contribution in [0.15, 0.2) is 282 Å². The Morgan fingerprint density at radius 3 is 0.980 bits per heavy atom. The minimum Gasteiger partial charge on any atom is -0.501 e. The standard InChI is InChI=1S/C19H15NO.C19H14NO.4C12H10N.2CH4O.2Ir/c2*1-12-10-17(20-11-13(12)2)16-8-5-7-15-14-6-3-4-9-18(14)21-19(15)16;4*1-10-6-5-9-12(13-10)11-7-3-2-4-8-11;2*1-2;;/h3-11H,1-2H3;3-7,9-11H,1-2H3;4*2-7,9H,1H3;2*2H,1H3;;/q;5*-1;;;2*+3. The van der Waals surface area contributed by atoms with Gasteiger partial charge in [0.05, 0.1) is 11.3 Å². The predicted octanol–water partition coefficient (Wildman–Crippen LogP) is 21.0. The smallest absolute Gasteiger partial charge is 0.501 e. The molecule has 0 saturated heterocycles. The maximum absolute atomic E-state index is 7.00. The van der Waals surface area contributed by atoms with Gasteiger partial charge >= 0.3 is 40.2 Å². The first-order valence-electron chi connectivity index (χ1n) is 32.0. The second-order valence-corrected chi connectivity index (χ2v) is 22.5. The normalized spacial score (nSPS) is 10.0. The van der Waals surface area contributed by atoms with Crippen LogP contribution in [0, 0.1) is 85.7 Å². The third-order valence-corrected chi connectivity index (χ3v) is 15.5. The van der Waals surface area contributed by atoms with Crippen molar-refractivity contribution in [1.29, 1.82) is 0 Å². The summed E-state index contributed by atoms with van der Waals surface area (Å²) in [6.07, 6.45) is 3.83. The van der Waals surface area contributed by atoms with Gasteiger partial charge in [0.2, 0.25) is 0 Å². The molecule has 100 heavy (non-hydrogen) atoms. The van der Waals surface area contributed by atoms with Gasteiger partial charge in [-0.3, -0.25) is 4.98 Å². The van der Waals surface area contributed by atoms with Crippen molar-refractivity contribution in [3.05, 3.63) is 349 Å². The molecule has 0 aliphatic carbocycles. The van der Waals surface area contributed by atoms with Gasteiger partial charge in [0.15, 0.2) is 0 Å². The predicted molar refractivity (Wildman–Crippen MR) is 401 cm³/mol. The van der Waals surface area contributed by atoms with E-state index in [4.69, 9.17) is 19.0 Å². The molecule has 0 bridgehead atoms. The second kappa shape index (κ2) is 39.2. The summed E-state index contributed by atoms with van der Waals surface area (Å²) in [6, 6.07) is 102. The van der Waals surface area contributed by atoms with Crippen LogP contribution in [0.25, 0.3) is 111 Å². The molecule has 0 amide bonds. The van der Waals surface area contributed by atoms with Crippen LogP contribution < -0.4 is 0 Å². The third-order valence-electron chi connectivity index (χ3n) is 15.5. The number of furan rings is 2. The van der Waals surface area contributed by atoms with E-state index >= 15 is 0 Å². The van der Waals surface area contributed by atoms with Crippen LogP contribution in [0.1, 0.15) is 45.0 Å². The van der Waals surface area contributed by atoms with E-state index in [-0.39, 0.29) is 40.2 Å². The molecule has 0 aliphatic heterocycles. The molecule has 2 N–H and O–H groups in total. The zero-order valence-corrected chi connectivity index (χ0v) is 62.3. The second-order valence-electron chi connectivity index (χ2n) is 22.5. The number of hydrogen-bond donors (Lipinski definition) is 2. The van der Waals surface area contributed by atoms with Crippen LogP contribution >= 0.6 is 0 Å². The number of aliphatic hydroxyl groups excluding tert-OH is 2. The summed E-state index contributed by atoms with van der Waals surface area (Å²) in [7, 11) is 2.00. The minimum absolute atomic E-state index is 0. The van der Waals surface area contributed by atoms with Gasteiger partial charge in [-0.05, 0) is 149 Å². The fourth-order valence-electron chi connectivity index (χ4n) is 10.3. The first-order chi connectivity index (χ1) is 47.9. The van der Waals surface area contributed by atoms with Crippen molar-refractivity contribution < 1.29 is 59.3 Å². The van der Waals surface area contributed by atoms with E-state index in [1.165, 1.54) is 22.3 Å². The van der Waals surface area contributed by atoms with Gasteiger partial charge in [-0.2, -0.15) is 0 Å². The molecule has 8 aromatic carbocycles. The zero-order valence-electron chi connectivity index (χ0n) is 57.5. The van der Waals surface area contributed by atoms with E-state index in [1.54, 1.807) is 0 Å². The van der Waals surface area contributed by atoms with E-state index in [1.807, 2.05) is 258 Å². The molecule has 0 aliphatic rings. The molecule has 0 radical (unpaired) electrons. The Bertz CT molecular complexity index is 4660. The number of aryl methyl sites for hydroxylation is 8. The molecule has 16 rings (SSSR count). The van der Waals surface area contributed by atoms with Crippen LogP contribution in [-0.4, -0.2) is 54.3 Å². The van der Waals surface area contributed by atoms with Crippen LogP contribution in [0.3, 0.4) is 0 Å². The van der Waals surface area contributed by atoms with Crippen molar-refractivity contribution in [1.82, 2.24) is 29.9 Å². The molecule has 0 fully saturated rings. The molecule has 0 unspecified atom stereocenters. The number of benzene rings is 8. The van der Waals surface area contributed by atoms with Gasteiger partial charge in [0, 0.05) is 71.1 Å². The number of nitrogens with zero attached hydrogens (tertiary/aromatic N) is 6. The van der Waals surface area contributed by atoms with E-state index in [0.29, 0.717) is 0 Å². The summed E-state index contributed by atoms with van der Waals surface area (Å²) in [5.41, 5.74) is 24.6. The van der Waals surface area contributed by atoms with Crippen molar-refractivity contribution in [2.24, 2.45) is 0 Å². The Kier molecular flexibility index (Phi) is 30.1. The number of aromatic nitrogens is 6. The topological polar surface area (TPSA) is 144 Å². The first-order valence-corrected chi connectivity index (χ1v) is 32.0. The number of rotatable bonds is 6. The van der Waals surface area contributed by atoms with Gasteiger partial charge in [0.25, 0.3) is 0 Å². The average Bonchev–Trinajstić information content (AvgIpc) is 1.63. The van der Waals surface area contributed by atoms with Crippen molar-refractivity contribution in [3.63, 3.8) is 0 Å². The Balaban J connectivity index is 0.000000168. The molecular weight excluding hydrogens is 1590 g/mol. The summed E-state index contributed by atoms with van der Waals surface area (Å²) in [5, 5.41) is 18.5. The number of aliphatic hydroxyl groups is 2. The molecule has 0 atom stereocenters. The molecule has 12 heteroatoms. The molecule has 16 aromatic rings. The SMILES string of the molecule is CO.CO.Cc1cccc(-c2[c-]cccc2)n1.Cc1cccc(-c2[c-]cccc2)n1.Cc1cccc(-c2[c-]cccc2)n1.Cc1cccc(-c2[c-]cccc2)n1.Cc1cnc(-c2[c-]ccc3c2oc2ccccc23)cc1C.Cc1cnc(-c2cccc3c2oc2ccccc23)cc1C.[Ir+3].[Ir+3]. The molecule has 10 nitrogen and oxygen atoms in total. The van der Waals surface area contributed by atoms with Crippen LogP contribution in [0.2, 0.25) is 0 Å². The molecule has 8 heterocycles. The third kappa shape index (κ3) is 20.8. The summed E-state index contributed by atoms with van der Waals surface area (Å²) < 4.78 is 12.1. The van der Waals surface area contributed by atoms with E-state index < -0.39 is 0 Å². The molecule has 0 saturated carbocycles. The van der Waals surface area contributed by atoms with Gasteiger partial charge in [-0.1, -0.05) is 120 Å². The summed E-state index contributed by atoms with van der Waals surface area (Å²) in [4.78, 5) is 26.8. The maximum atomic E-state index is 7.00. The minimum atomic E-state index is 0. The maximum Gasteiger partial charge on any atom is 3.00 e. The number of pyridine rings is 6. The van der Waals surface area contributed by atoms with Crippen molar-refractivity contribution in [2.75, 3.05) is 14.2 Å². The Morgan fingerprint density at radius 1 is 0.280 bits per heavy atom. The number of fused-ring (bicyclic) bond motifs is 6. The monoisotopic (exact) mass is 1670 g/mol. The number of para-hydroxylation sites is 3. The van der Waals surface area contributed by atoms with Gasteiger partial charge < -0.3 is 44.0 Å². The molecule has 8 aromatic heterocycles. The van der Waals surface area contributed by atoms with Crippen LogP contribution in [0.4, 0.5) is 0 Å². The van der Waals surface area contributed by atoms with Gasteiger partial charge in [-0.15, -0.1) is 162 Å². The average molecular weight is 1670 g/mol. The van der Waals surface area contributed by atoms with Gasteiger partial charge in [0.1, 0.15) is 16.7 Å². The first kappa shape index (κ1) is 76.8. The zero-order chi connectivity index (χ0) is 69.2. The van der Waals surface area contributed by atoms with Crippen molar-refractivity contribution in [2.45, 2.75) is 55.4 Å². The fraction of sp³-hybridized carbons (Fsp3) is 0.114. The van der Waals surface area contributed by atoms with E-state index in [9.17, 15) is 0 Å². The molecule has 500 valence electrons. The largest absolute Gasteiger partial charge is 3.00 e. The van der Waals surface area contributed by atoms with Crippen molar-refractivity contribution >= 4 is 43.9 Å².